The Bertz CT molecular complexity index is 425. The smallest absolute Gasteiger partial charge is 0.0338 e. The molecule has 0 spiro atoms. The normalized spacial score (nSPS) is 22.3. The summed E-state index contributed by atoms with van der Waals surface area (Å²) < 4.78 is 0. The van der Waals surface area contributed by atoms with Crippen LogP contribution in [-0.2, 0) is 5.41 Å². The Morgan fingerprint density at radius 3 is 2.63 bits per heavy atom. The van der Waals surface area contributed by atoms with Crippen LogP contribution in [0.2, 0.25) is 0 Å². The Hall–Kier alpha value is -0.860. The molecule has 0 bridgehead atoms. The fourth-order valence-corrected chi connectivity index (χ4v) is 2.91. The number of hydrogen-bond donors (Lipinski definition) is 2. The van der Waals surface area contributed by atoms with Gasteiger partial charge in [-0.1, -0.05) is 39.0 Å². The maximum atomic E-state index is 6.54. The molecule has 1 aliphatic rings. The van der Waals surface area contributed by atoms with Gasteiger partial charge >= 0.3 is 0 Å². The molecule has 0 radical (unpaired) electrons. The second kappa shape index (κ2) is 5.64. The topological polar surface area (TPSA) is 38.0 Å². The number of rotatable bonds is 2. The first-order valence-electron chi connectivity index (χ1n) is 7.47. The summed E-state index contributed by atoms with van der Waals surface area (Å²) in [6.07, 6.45) is 2.49. The summed E-state index contributed by atoms with van der Waals surface area (Å²) in [7, 11) is 0. The summed E-state index contributed by atoms with van der Waals surface area (Å²) in [4.78, 5) is 0. The van der Waals surface area contributed by atoms with Crippen molar-refractivity contribution in [1.29, 1.82) is 0 Å². The molecule has 2 nitrogen and oxygen atoms in total. The zero-order valence-electron chi connectivity index (χ0n) is 12.8. The molecule has 0 aromatic heterocycles. The monoisotopic (exact) mass is 260 g/mol. The average molecular weight is 260 g/mol. The lowest BCUT2D eigenvalue weighted by Crippen LogP contribution is -2.36. The molecule has 0 saturated carbocycles. The highest BCUT2D eigenvalue weighted by atomic mass is 14.9. The molecule has 1 fully saturated rings. The van der Waals surface area contributed by atoms with Crippen LogP contribution in [0.5, 0.6) is 0 Å². The van der Waals surface area contributed by atoms with Crippen molar-refractivity contribution in [2.45, 2.75) is 52.0 Å². The zero-order chi connectivity index (χ0) is 14.0. The minimum Gasteiger partial charge on any atom is -0.324 e. The molecule has 1 aliphatic heterocycles. The molecule has 1 heterocycles. The van der Waals surface area contributed by atoms with Gasteiger partial charge in [-0.15, -0.1) is 0 Å². The van der Waals surface area contributed by atoms with E-state index in [0.717, 1.165) is 13.1 Å². The summed E-state index contributed by atoms with van der Waals surface area (Å²) in [5, 5.41) is 3.47. The van der Waals surface area contributed by atoms with Gasteiger partial charge in [0, 0.05) is 6.04 Å². The van der Waals surface area contributed by atoms with E-state index in [-0.39, 0.29) is 11.5 Å². The van der Waals surface area contributed by atoms with Gasteiger partial charge in [-0.25, -0.2) is 0 Å². The summed E-state index contributed by atoms with van der Waals surface area (Å²) in [5.74, 6) is 0.572. The van der Waals surface area contributed by atoms with Crippen molar-refractivity contribution < 1.29 is 0 Å². The third kappa shape index (κ3) is 3.37. The van der Waals surface area contributed by atoms with E-state index < -0.39 is 0 Å². The van der Waals surface area contributed by atoms with E-state index in [1.54, 1.807) is 0 Å². The van der Waals surface area contributed by atoms with E-state index in [0.29, 0.717) is 5.92 Å². The van der Waals surface area contributed by atoms with Gasteiger partial charge in [0.1, 0.15) is 0 Å². The molecule has 106 valence electrons. The molecule has 1 saturated heterocycles. The third-order valence-corrected chi connectivity index (χ3v) is 4.35. The van der Waals surface area contributed by atoms with Crippen LogP contribution >= 0.6 is 0 Å². The van der Waals surface area contributed by atoms with Gasteiger partial charge in [0.15, 0.2) is 0 Å². The Morgan fingerprint density at radius 2 is 2.05 bits per heavy atom. The van der Waals surface area contributed by atoms with Crippen LogP contribution < -0.4 is 11.1 Å². The average Bonchev–Trinajstić information content (AvgIpc) is 2.38. The number of piperidine rings is 1. The van der Waals surface area contributed by atoms with Crippen molar-refractivity contribution in [2.24, 2.45) is 11.7 Å². The first-order valence-corrected chi connectivity index (χ1v) is 7.47. The number of benzene rings is 1. The van der Waals surface area contributed by atoms with Crippen molar-refractivity contribution in [2.75, 3.05) is 13.1 Å². The molecule has 1 aromatic rings. The lowest BCUT2D eigenvalue weighted by Gasteiger charge is -2.30. The quantitative estimate of drug-likeness (QED) is 0.856. The van der Waals surface area contributed by atoms with Crippen molar-refractivity contribution in [1.82, 2.24) is 5.32 Å². The number of aryl methyl sites for hydroxylation is 1. The van der Waals surface area contributed by atoms with Crippen LogP contribution in [-0.4, -0.2) is 13.1 Å². The van der Waals surface area contributed by atoms with E-state index in [9.17, 15) is 0 Å². The fraction of sp³-hybridized carbons (Fsp3) is 0.647. The molecule has 2 atom stereocenters. The van der Waals surface area contributed by atoms with Gasteiger partial charge < -0.3 is 11.1 Å². The van der Waals surface area contributed by atoms with Crippen LogP contribution in [0.15, 0.2) is 18.2 Å². The van der Waals surface area contributed by atoms with Gasteiger partial charge in [0.05, 0.1) is 0 Å². The van der Waals surface area contributed by atoms with Crippen LogP contribution in [0.4, 0.5) is 0 Å². The fourth-order valence-electron chi connectivity index (χ4n) is 2.91. The van der Waals surface area contributed by atoms with E-state index >= 15 is 0 Å². The van der Waals surface area contributed by atoms with E-state index in [1.165, 1.54) is 29.5 Å². The molecular formula is C17H28N2. The van der Waals surface area contributed by atoms with E-state index in [1.807, 2.05) is 0 Å². The van der Waals surface area contributed by atoms with E-state index in [2.05, 4.69) is 51.2 Å². The van der Waals surface area contributed by atoms with Gasteiger partial charge in [-0.2, -0.15) is 0 Å². The molecule has 2 heteroatoms. The second-order valence-electron chi connectivity index (χ2n) is 6.95. The van der Waals surface area contributed by atoms with Gasteiger partial charge in [0.25, 0.3) is 0 Å². The predicted molar refractivity (Wildman–Crippen MR) is 82.4 cm³/mol. The summed E-state index contributed by atoms with van der Waals surface area (Å²) in [6.45, 7) is 11.2. The highest BCUT2D eigenvalue weighted by Gasteiger charge is 2.24. The summed E-state index contributed by atoms with van der Waals surface area (Å²) >= 11 is 0. The second-order valence-corrected chi connectivity index (χ2v) is 6.95. The lowest BCUT2D eigenvalue weighted by atomic mass is 9.81. The Morgan fingerprint density at radius 1 is 1.32 bits per heavy atom. The molecule has 0 amide bonds. The molecule has 1 aromatic carbocycles. The predicted octanol–water partition coefficient (Wildman–Crippen LogP) is 3.29. The number of nitrogens with one attached hydrogen (secondary N) is 1. The number of hydrogen-bond acceptors (Lipinski definition) is 2. The Kier molecular flexibility index (Phi) is 4.32. The highest BCUT2D eigenvalue weighted by molar-refractivity contribution is 5.36. The Labute approximate surface area is 117 Å². The molecule has 3 N–H and O–H groups in total. The number of nitrogens with two attached hydrogens (primary N) is 1. The van der Waals surface area contributed by atoms with Gasteiger partial charge in [-0.05, 0) is 60.9 Å². The molecule has 19 heavy (non-hydrogen) atoms. The van der Waals surface area contributed by atoms with Crippen LogP contribution in [0, 0.1) is 12.8 Å². The molecular weight excluding hydrogens is 232 g/mol. The minimum atomic E-state index is 0.162. The van der Waals surface area contributed by atoms with Crippen LogP contribution in [0.1, 0.15) is 56.3 Å². The minimum absolute atomic E-state index is 0.162. The third-order valence-electron chi connectivity index (χ3n) is 4.35. The van der Waals surface area contributed by atoms with Gasteiger partial charge in [-0.3, -0.25) is 0 Å². The standard InChI is InChI=1S/C17H28N2/c1-12-7-8-14(17(2,3)4)10-15(12)16(18)13-6-5-9-19-11-13/h7-8,10,13,16,19H,5-6,9,11,18H2,1-4H3. The zero-order valence-corrected chi connectivity index (χ0v) is 12.8. The SMILES string of the molecule is Cc1ccc(C(C)(C)C)cc1C(N)C1CCCNC1. The summed E-state index contributed by atoms with van der Waals surface area (Å²) in [6, 6.07) is 6.96. The molecule has 2 unspecified atom stereocenters. The highest BCUT2D eigenvalue weighted by Crippen LogP contribution is 2.31. The van der Waals surface area contributed by atoms with Crippen LogP contribution in [0.25, 0.3) is 0 Å². The van der Waals surface area contributed by atoms with Crippen molar-refractivity contribution >= 4 is 0 Å². The summed E-state index contributed by atoms with van der Waals surface area (Å²) in [5.41, 5.74) is 10.8. The first kappa shape index (κ1) is 14.5. The maximum absolute atomic E-state index is 6.54. The van der Waals surface area contributed by atoms with Crippen molar-refractivity contribution in [3.8, 4) is 0 Å². The van der Waals surface area contributed by atoms with Gasteiger partial charge in [0.2, 0.25) is 0 Å². The Balaban J connectivity index is 2.27. The van der Waals surface area contributed by atoms with Crippen molar-refractivity contribution in [3.63, 3.8) is 0 Å². The molecule has 0 aliphatic carbocycles. The first-order chi connectivity index (χ1) is 8.89. The largest absolute Gasteiger partial charge is 0.324 e. The van der Waals surface area contributed by atoms with E-state index in [4.69, 9.17) is 5.73 Å². The molecule has 2 rings (SSSR count). The van der Waals surface area contributed by atoms with Crippen molar-refractivity contribution in [3.05, 3.63) is 34.9 Å². The lowest BCUT2D eigenvalue weighted by molar-refractivity contribution is 0.325. The maximum Gasteiger partial charge on any atom is 0.0338 e. The van der Waals surface area contributed by atoms with Crippen LogP contribution in [0.3, 0.4) is 0 Å².